The summed E-state index contributed by atoms with van der Waals surface area (Å²) in [7, 11) is 0. The Morgan fingerprint density at radius 3 is 2.50 bits per heavy atom. The zero-order chi connectivity index (χ0) is 21.3. The molecular weight excluding hydrogens is 412 g/mol. The van der Waals surface area contributed by atoms with E-state index >= 15 is 0 Å². The second kappa shape index (κ2) is 8.34. The van der Waals surface area contributed by atoms with Crippen LogP contribution in [0.25, 0.3) is 0 Å². The Kier molecular flexibility index (Phi) is 5.77. The molecule has 1 N–H and O–H groups in total. The van der Waals surface area contributed by atoms with Gasteiger partial charge in [0.1, 0.15) is 0 Å². The van der Waals surface area contributed by atoms with Gasteiger partial charge in [0.05, 0.1) is 22.6 Å². The SMILES string of the molecule is CC1(C)CC(=O)C2=C(C1)NC(SCc1ccccc1)=C(C#N)[C@@H]2c1ccc(Cl)cc1. The van der Waals surface area contributed by atoms with Crippen LogP contribution in [0.2, 0.25) is 5.02 Å². The number of rotatable bonds is 4. The normalized spacial score (nSPS) is 20.5. The number of Topliss-reactive ketones (excluding diaryl/α,β-unsaturated/α-hetero) is 1. The molecule has 5 heteroatoms. The van der Waals surface area contributed by atoms with Crippen molar-refractivity contribution in [3.05, 3.63) is 92.6 Å². The van der Waals surface area contributed by atoms with E-state index in [0.717, 1.165) is 34.0 Å². The first-order valence-corrected chi connectivity index (χ1v) is 11.3. The first-order valence-electron chi connectivity index (χ1n) is 9.98. The lowest BCUT2D eigenvalue weighted by Gasteiger charge is -2.39. The lowest BCUT2D eigenvalue weighted by Crippen LogP contribution is -2.36. The number of hydrogen-bond acceptors (Lipinski definition) is 4. The zero-order valence-corrected chi connectivity index (χ0v) is 18.6. The topological polar surface area (TPSA) is 52.9 Å². The number of thioether (sulfide) groups is 1. The van der Waals surface area contributed by atoms with Crippen molar-refractivity contribution >= 4 is 29.1 Å². The van der Waals surface area contributed by atoms with Gasteiger partial charge in [0.25, 0.3) is 0 Å². The minimum absolute atomic E-state index is 0.104. The number of nitriles is 1. The van der Waals surface area contributed by atoms with Crippen LogP contribution in [-0.2, 0) is 10.5 Å². The van der Waals surface area contributed by atoms with Gasteiger partial charge in [-0.3, -0.25) is 4.79 Å². The number of nitrogens with one attached hydrogen (secondary N) is 1. The maximum absolute atomic E-state index is 13.2. The van der Waals surface area contributed by atoms with E-state index in [9.17, 15) is 10.1 Å². The number of halogens is 1. The first-order chi connectivity index (χ1) is 14.4. The molecule has 2 aromatic rings. The monoisotopic (exact) mass is 434 g/mol. The number of dihydropyridines is 1. The standard InChI is InChI=1S/C25H23ClN2OS/c1-25(2)12-20-23(21(29)13-25)22(17-8-10-18(26)11-9-17)19(14-27)24(28-20)30-15-16-6-4-3-5-7-16/h3-11,22,28H,12-13,15H2,1-2H3/t22-/m0/s1. The van der Waals surface area contributed by atoms with Gasteiger partial charge in [-0.2, -0.15) is 5.26 Å². The highest BCUT2D eigenvalue weighted by atomic mass is 35.5. The van der Waals surface area contributed by atoms with Crippen LogP contribution in [0.5, 0.6) is 0 Å². The lowest BCUT2D eigenvalue weighted by atomic mass is 9.69. The average molecular weight is 435 g/mol. The molecule has 0 radical (unpaired) electrons. The molecule has 1 aliphatic carbocycles. The van der Waals surface area contributed by atoms with Crippen molar-refractivity contribution < 1.29 is 4.79 Å². The number of ketones is 1. The lowest BCUT2D eigenvalue weighted by molar-refractivity contribution is -0.118. The highest BCUT2D eigenvalue weighted by Crippen LogP contribution is 2.48. The van der Waals surface area contributed by atoms with Crippen molar-refractivity contribution in [1.29, 1.82) is 5.26 Å². The Morgan fingerprint density at radius 2 is 1.83 bits per heavy atom. The van der Waals surface area contributed by atoms with Crippen LogP contribution >= 0.6 is 23.4 Å². The van der Waals surface area contributed by atoms with Crippen LogP contribution in [-0.4, -0.2) is 5.78 Å². The second-order valence-corrected chi connectivity index (χ2v) is 9.99. The summed E-state index contributed by atoms with van der Waals surface area (Å²) in [4.78, 5) is 13.2. The number of carbonyl (C=O) groups excluding carboxylic acids is 1. The van der Waals surface area contributed by atoms with Crippen molar-refractivity contribution in [3.63, 3.8) is 0 Å². The van der Waals surface area contributed by atoms with Crippen molar-refractivity contribution in [2.45, 2.75) is 38.4 Å². The van der Waals surface area contributed by atoms with E-state index in [-0.39, 0.29) is 17.1 Å². The van der Waals surface area contributed by atoms with Gasteiger partial charge in [0.15, 0.2) is 5.78 Å². The van der Waals surface area contributed by atoms with E-state index in [1.807, 2.05) is 42.5 Å². The first kappa shape index (κ1) is 20.8. The van der Waals surface area contributed by atoms with Crippen LogP contribution in [0.3, 0.4) is 0 Å². The quantitative estimate of drug-likeness (QED) is 0.610. The van der Waals surface area contributed by atoms with Crippen molar-refractivity contribution in [3.8, 4) is 6.07 Å². The summed E-state index contributed by atoms with van der Waals surface area (Å²) in [5, 5.41) is 15.1. The second-order valence-electron chi connectivity index (χ2n) is 8.57. The van der Waals surface area contributed by atoms with E-state index in [4.69, 9.17) is 11.6 Å². The Morgan fingerprint density at radius 1 is 1.13 bits per heavy atom. The maximum atomic E-state index is 13.2. The molecule has 0 bridgehead atoms. The molecule has 0 aromatic heterocycles. The van der Waals surface area contributed by atoms with E-state index in [1.165, 1.54) is 5.56 Å². The Bertz CT molecular complexity index is 1080. The summed E-state index contributed by atoms with van der Waals surface area (Å²) < 4.78 is 0. The Hall–Kier alpha value is -2.48. The Balaban J connectivity index is 1.78. The minimum Gasteiger partial charge on any atom is -0.352 e. The molecule has 1 heterocycles. The van der Waals surface area contributed by atoms with Gasteiger partial charge in [-0.15, -0.1) is 11.8 Å². The molecule has 0 saturated heterocycles. The molecule has 0 amide bonds. The molecule has 4 rings (SSSR count). The molecule has 1 aliphatic heterocycles. The summed E-state index contributed by atoms with van der Waals surface area (Å²) in [6, 6.07) is 20.1. The van der Waals surface area contributed by atoms with Crippen LogP contribution in [0.15, 0.2) is 76.5 Å². The molecule has 30 heavy (non-hydrogen) atoms. The molecule has 0 unspecified atom stereocenters. The number of carbonyl (C=O) groups is 1. The fourth-order valence-corrected chi connectivity index (χ4v) is 5.35. The van der Waals surface area contributed by atoms with Crippen LogP contribution in [0.1, 0.15) is 43.7 Å². The molecule has 1 atom stereocenters. The van der Waals surface area contributed by atoms with Crippen LogP contribution in [0, 0.1) is 16.7 Å². The minimum atomic E-state index is -0.356. The van der Waals surface area contributed by atoms with Crippen molar-refractivity contribution in [2.24, 2.45) is 5.41 Å². The predicted octanol–water partition coefficient (Wildman–Crippen LogP) is 6.34. The van der Waals surface area contributed by atoms with E-state index in [1.54, 1.807) is 11.8 Å². The third-order valence-electron chi connectivity index (χ3n) is 5.56. The molecule has 2 aliphatic rings. The maximum Gasteiger partial charge on any atom is 0.162 e. The molecule has 0 spiro atoms. The number of allylic oxidation sites excluding steroid dienone is 3. The van der Waals surface area contributed by atoms with Gasteiger partial charge in [0.2, 0.25) is 0 Å². The highest BCUT2D eigenvalue weighted by Gasteiger charge is 2.41. The molecule has 0 saturated carbocycles. The summed E-state index contributed by atoms with van der Waals surface area (Å²) >= 11 is 7.71. The molecule has 152 valence electrons. The van der Waals surface area contributed by atoms with Gasteiger partial charge in [-0.1, -0.05) is 67.9 Å². The predicted molar refractivity (Wildman–Crippen MR) is 123 cm³/mol. The largest absolute Gasteiger partial charge is 0.352 e. The molecule has 2 aromatic carbocycles. The molecular formula is C25H23ClN2OS. The van der Waals surface area contributed by atoms with E-state index < -0.39 is 0 Å². The third-order valence-corrected chi connectivity index (χ3v) is 6.90. The third kappa shape index (κ3) is 4.19. The molecule has 0 fully saturated rings. The van der Waals surface area contributed by atoms with Crippen LogP contribution < -0.4 is 5.32 Å². The molecule has 3 nitrogen and oxygen atoms in total. The number of benzene rings is 2. The van der Waals surface area contributed by atoms with Gasteiger partial charge in [-0.05, 0) is 35.1 Å². The smallest absolute Gasteiger partial charge is 0.162 e. The zero-order valence-electron chi connectivity index (χ0n) is 17.0. The number of hydrogen-bond donors (Lipinski definition) is 1. The summed E-state index contributed by atoms with van der Waals surface area (Å²) in [6.45, 7) is 4.24. The van der Waals surface area contributed by atoms with E-state index in [2.05, 4.69) is 37.4 Å². The summed E-state index contributed by atoms with van der Waals surface area (Å²) in [6.07, 6.45) is 1.27. The van der Waals surface area contributed by atoms with Gasteiger partial charge >= 0.3 is 0 Å². The average Bonchev–Trinajstić information content (AvgIpc) is 2.71. The number of nitrogens with zero attached hydrogens (tertiary/aromatic N) is 1. The Labute approximate surface area is 186 Å². The van der Waals surface area contributed by atoms with Crippen molar-refractivity contribution in [1.82, 2.24) is 5.32 Å². The fourth-order valence-electron chi connectivity index (χ4n) is 4.21. The summed E-state index contributed by atoms with van der Waals surface area (Å²) in [5.41, 5.74) is 4.30. The van der Waals surface area contributed by atoms with Gasteiger partial charge < -0.3 is 5.32 Å². The van der Waals surface area contributed by atoms with Crippen molar-refractivity contribution in [2.75, 3.05) is 0 Å². The van der Waals surface area contributed by atoms with Gasteiger partial charge in [0, 0.05) is 28.5 Å². The highest BCUT2D eigenvalue weighted by molar-refractivity contribution is 8.02. The fraction of sp³-hybridized carbons (Fsp3) is 0.280. The van der Waals surface area contributed by atoms with E-state index in [0.29, 0.717) is 17.0 Å². The van der Waals surface area contributed by atoms with Crippen LogP contribution in [0.4, 0.5) is 0 Å². The van der Waals surface area contributed by atoms with Gasteiger partial charge in [-0.25, -0.2) is 0 Å². The summed E-state index contributed by atoms with van der Waals surface area (Å²) in [5.74, 6) is 0.515.